The first-order chi connectivity index (χ1) is 40.0. The minimum Gasteiger partial charge on any atom is -0.462 e. The van der Waals surface area contributed by atoms with Crippen LogP contribution in [-0.4, -0.2) is 37.2 Å². The molecule has 0 radical (unpaired) electrons. The molecule has 0 fully saturated rings. The van der Waals surface area contributed by atoms with Gasteiger partial charge in [-0.05, 0) is 116 Å². The molecule has 0 N–H and O–H groups in total. The Hall–Kier alpha value is -4.19. The van der Waals surface area contributed by atoms with Crippen molar-refractivity contribution in [1.82, 2.24) is 0 Å². The minimum absolute atomic E-state index is 0.0828. The molecule has 0 aromatic heterocycles. The van der Waals surface area contributed by atoms with E-state index in [1.54, 1.807) is 0 Å². The number of esters is 3. The SMILES string of the molecule is CC/C=C\C/C=C\C/C=C\C/C=C\C/C=C\C/C=C\C/C=C\C/C=C\CCCCCCCCC(=O)OCC(COC(=O)CCCCCCCCCCC)OC(=O)CCCCCCCCCCCCC/C=C\C/C=C\CCCCCCC. The molecular weight excluding hydrogens is 997 g/mol. The number of carbonyl (C=O) groups excluding carboxylic acids is 3. The second-order valence-corrected chi connectivity index (χ2v) is 22.4. The summed E-state index contributed by atoms with van der Waals surface area (Å²) in [5.74, 6) is -0.895. The zero-order valence-electron chi connectivity index (χ0n) is 53.0. The molecule has 81 heavy (non-hydrogen) atoms. The second kappa shape index (κ2) is 68.3. The van der Waals surface area contributed by atoms with Crippen molar-refractivity contribution in [2.24, 2.45) is 0 Å². The molecule has 0 aliphatic rings. The average molecular weight is 1120 g/mol. The van der Waals surface area contributed by atoms with Gasteiger partial charge < -0.3 is 14.2 Å². The largest absolute Gasteiger partial charge is 0.462 e. The van der Waals surface area contributed by atoms with Crippen LogP contribution >= 0.6 is 0 Å². The van der Waals surface area contributed by atoms with Crippen molar-refractivity contribution in [2.45, 2.75) is 322 Å². The van der Waals surface area contributed by atoms with Crippen molar-refractivity contribution in [1.29, 1.82) is 0 Å². The van der Waals surface area contributed by atoms with Gasteiger partial charge in [-0.2, -0.15) is 0 Å². The molecule has 1 unspecified atom stereocenters. The van der Waals surface area contributed by atoms with Gasteiger partial charge in [-0.3, -0.25) is 14.4 Å². The topological polar surface area (TPSA) is 78.9 Å². The third-order valence-electron chi connectivity index (χ3n) is 14.5. The highest BCUT2D eigenvalue weighted by Gasteiger charge is 2.19. The van der Waals surface area contributed by atoms with Crippen LogP contribution in [0.2, 0.25) is 0 Å². The molecule has 0 aliphatic carbocycles. The lowest BCUT2D eigenvalue weighted by molar-refractivity contribution is -0.167. The van der Waals surface area contributed by atoms with Gasteiger partial charge in [0, 0.05) is 19.3 Å². The Balaban J connectivity index is 4.24. The molecule has 0 saturated carbocycles. The van der Waals surface area contributed by atoms with Gasteiger partial charge in [0.15, 0.2) is 6.10 Å². The van der Waals surface area contributed by atoms with Crippen LogP contribution in [0.5, 0.6) is 0 Å². The fourth-order valence-electron chi connectivity index (χ4n) is 9.37. The van der Waals surface area contributed by atoms with Crippen LogP contribution in [0.15, 0.2) is 122 Å². The van der Waals surface area contributed by atoms with Crippen LogP contribution < -0.4 is 0 Å². The second-order valence-electron chi connectivity index (χ2n) is 22.4. The molecular formula is C75H126O6. The Morgan fingerprint density at radius 1 is 0.259 bits per heavy atom. The molecule has 0 aliphatic heterocycles. The zero-order chi connectivity index (χ0) is 58.5. The van der Waals surface area contributed by atoms with Gasteiger partial charge in [-0.25, -0.2) is 0 Å². The number of unbranched alkanes of at least 4 members (excludes halogenated alkanes) is 30. The molecule has 6 nitrogen and oxygen atoms in total. The standard InChI is InChI=1S/C75H126O6/c1-4-7-10-13-16-19-21-23-25-27-29-31-33-34-35-36-37-38-39-40-42-43-45-47-49-51-53-56-59-62-65-68-74(77)80-71-72(70-79-73(76)67-64-61-58-55-18-15-12-9-6-3)81-75(78)69-66-63-60-57-54-52-50-48-46-44-41-32-30-28-26-24-22-20-17-14-11-8-5-2/h7,10,16,19,22-25,28-31,34-35,37-38,40,42,45,47,72H,4-6,8-9,11-15,17-18,20-21,26-27,32-33,36,39,41,43-44,46,48-71H2,1-3H3/b10-7-,19-16-,24-22-,25-23-,30-28-,31-29-,35-34-,38-37-,42-40-,47-45-. The molecule has 0 bridgehead atoms. The van der Waals surface area contributed by atoms with E-state index in [1.807, 2.05) is 0 Å². The van der Waals surface area contributed by atoms with Gasteiger partial charge in [0.2, 0.25) is 0 Å². The van der Waals surface area contributed by atoms with E-state index >= 15 is 0 Å². The summed E-state index contributed by atoms with van der Waals surface area (Å²) in [6.07, 6.45) is 95.1. The van der Waals surface area contributed by atoms with E-state index in [2.05, 4.69) is 142 Å². The summed E-state index contributed by atoms with van der Waals surface area (Å²) in [5.41, 5.74) is 0. The predicted molar refractivity (Wildman–Crippen MR) is 353 cm³/mol. The van der Waals surface area contributed by atoms with Crippen molar-refractivity contribution in [3.63, 3.8) is 0 Å². The van der Waals surface area contributed by atoms with Crippen molar-refractivity contribution in [3.8, 4) is 0 Å². The molecule has 0 aromatic carbocycles. The first-order valence-corrected chi connectivity index (χ1v) is 34.0. The molecule has 0 saturated heterocycles. The number of ether oxygens (including phenoxy) is 3. The fraction of sp³-hybridized carbons (Fsp3) is 0.693. The van der Waals surface area contributed by atoms with Crippen molar-refractivity contribution < 1.29 is 28.6 Å². The smallest absolute Gasteiger partial charge is 0.306 e. The summed E-state index contributed by atoms with van der Waals surface area (Å²) in [4.78, 5) is 38.3. The quantitative estimate of drug-likeness (QED) is 0.0261. The van der Waals surface area contributed by atoms with Crippen LogP contribution in [0.4, 0.5) is 0 Å². The first kappa shape index (κ1) is 76.8. The molecule has 0 aromatic rings. The average Bonchev–Trinajstić information content (AvgIpc) is 3.47. The van der Waals surface area contributed by atoms with E-state index < -0.39 is 6.10 Å². The summed E-state index contributed by atoms with van der Waals surface area (Å²) >= 11 is 0. The van der Waals surface area contributed by atoms with Crippen molar-refractivity contribution in [3.05, 3.63) is 122 Å². The highest BCUT2D eigenvalue weighted by atomic mass is 16.6. The highest BCUT2D eigenvalue weighted by Crippen LogP contribution is 2.16. The predicted octanol–water partition coefficient (Wildman–Crippen LogP) is 23.6. The Labute approximate surface area is 501 Å². The van der Waals surface area contributed by atoms with Gasteiger partial charge >= 0.3 is 17.9 Å². The van der Waals surface area contributed by atoms with Gasteiger partial charge in [-0.15, -0.1) is 0 Å². The first-order valence-electron chi connectivity index (χ1n) is 34.0. The lowest BCUT2D eigenvalue weighted by Gasteiger charge is -2.18. The van der Waals surface area contributed by atoms with E-state index in [-0.39, 0.29) is 31.1 Å². The number of allylic oxidation sites excluding steroid dienone is 20. The van der Waals surface area contributed by atoms with Gasteiger partial charge in [0.25, 0.3) is 0 Å². The third-order valence-corrected chi connectivity index (χ3v) is 14.5. The molecule has 1 atom stereocenters. The molecule has 0 spiro atoms. The summed E-state index contributed by atoms with van der Waals surface area (Å²) in [6, 6.07) is 0. The van der Waals surface area contributed by atoms with Gasteiger partial charge in [0.05, 0.1) is 0 Å². The number of carbonyl (C=O) groups is 3. The van der Waals surface area contributed by atoms with Crippen LogP contribution in [0.25, 0.3) is 0 Å². The summed E-state index contributed by atoms with van der Waals surface area (Å²) in [7, 11) is 0. The Kier molecular flexibility index (Phi) is 64.8. The normalized spacial score (nSPS) is 12.9. The van der Waals surface area contributed by atoms with Gasteiger partial charge in [-0.1, -0.05) is 303 Å². The molecule has 6 heteroatoms. The van der Waals surface area contributed by atoms with Crippen molar-refractivity contribution in [2.75, 3.05) is 13.2 Å². The maximum atomic E-state index is 12.9. The lowest BCUT2D eigenvalue weighted by atomic mass is 10.0. The Morgan fingerprint density at radius 2 is 0.481 bits per heavy atom. The maximum absolute atomic E-state index is 12.9. The van der Waals surface area contributed by atoms with E-state index in [9.17, 15) is 14.4 Å². The monoisotopic (exact) mass is 1120 g/mol. The van der Waals surface area contributed by atoms with Crippen molar-refractivity contribution >= 4 is 17.9 Å². The lowest BCUT2D eigenvalue weighted by Crippen LogP contribution is -2.30. The Morgan fingerprint density at radius 3 is 0.753 bits per heavy atom. The van der Waals surface area contributed by atoms with E-state index in [0.29, 0.717) is 19.3 Å². The molecule has 0 heterocycles. The van der Waals surface area contributed by atoms with E-state index in [1.165, 1.54) is 148 Å². The number of hydrogen-bond acceptors (Lipinski definition) is 6. The fourth-order valence-corrected chi connectivity index (χ4v) is 9.37. The van der Waals surface area contributed by atoms with E-state index in [4.69, 9.17) is 14.2 Å². The van der Waals surface area contributed by atoms with Crippen LogP contribution in [0.3, 0.4) is 0 Å². The molecule has 462 valence electrons. The van der Waals surface area contributed by atoms with Crippen LogP contribution in [0.1, 0.15) is 316 Å². The molecule has 0 rings (SSSR count). The maximum Gasteiger partial charge on any atom is 0.306 e. The highest BCUT2D eigenvalue weighted by molar-refractivity contribution is 5.71. The Bertz CT molecular complexity index is 1670. The number of rotatable bonds is 61. The van der Waals surface area contributed by atoms with Crippen LogP contribution in [0, 0.1) is 0 Å². The summed E-state index contributed by atoms with van der Waals surface area (Å²) in [5, 5.41) is 0. The van der Waals surface area contributed by atoms with Gasteiger partial charge in [0.1, 0.15) is 13.2 Å². The zero-order valence-corrected chi connectivity index (χ0v) is 53.0. The molecule has 0 amide bonds. The third kappa shape index (κ3) is 66.5. The summed E-state index contributed by atoms with van der Waals surface area (Å²) < 4.78 is 16.9. The minimum atomic E-state index is -0.787. The number of hydrogen-bond donors (Lipinski definition) is 0. The van der Waals surface area contributed by atoms with Crippen LogP contribution in [-0.2, 0) is 28.6 Å². The van der Waals surface area contributed by atoms with E-state index in [0.717, 1.165) is 128 Å². The summed E-state index contributed by atoms with van der Waals surface area (Å²) in [6.45, 7) is 6.50.